The van der Waals surface area contributed by atoms with Crippen LogP contribution in [0, 0.1) is 0 Å². The second-order valence-electron chi connectivity index (χ2n) is 6.90. The molecule has 3 rings (SSSR count). The summed E-state index contributed by atoms with van der Waals surface area (Å²) in [6, 6.07) is 4.47. The highest BCUT2D eigenvalue weighted by Crippen LogP contribution is 2.16. The fourth-order valence-electron chi connectivity index (χ4n) is 2.47. The lowest BCUT2D eigenvalue weighted by molar-refractivity contribution is 0.0903. The normalized spacial score (nSPS) is 17.4. The molecule has 0 spiro atoms. The number of aromatic nitrogens is 3. The van der Waals surface area contributed by atoms with E-state index in [-0.39, 0.29) is 0 Å². The Bertz CT molecular complexity index is 668. The highest BCUT2D eigenvalue weighted by atomic mass is 28.3. The van der Waals surface area contributed by atoms with Crippen molar-refractivity contribution in [3.05, 3.63) is 29.7 Å². The molecule has 1 aliphatic rings. The molecule has 1 fully saturated rings. The van der Waals surface area contributed by atoms with Crippen LogP contribution in [-0.4, -0.2) is 41.9 Å². The molecule has 0 aromatic carbocycles. The van der Waals surface area contributed by atoms with Crippen LogP contribution >= 0.6 is 0 Å². The maximum atomic E-state index is 5.40. The van der Waals surface area contributed by atoms with Gasteiger partial charge in [0.15, 0.2) is 5.65 Å². The van der Waals surface area contributed by atoms with Gasteiger partial charge in [-0.3, -0.25) is 0 Å². The highest BCUT2D eigenvalue weighted by Gasteiger charge is 2.14. The van der Waals surface area contributed by atoms with Gasteiger partial charge in [0.2, 0.25) is 0 Å². The standard InChI is InChI=1S/C16H24N4OSi/c1-22(2,3)11-8-14-12-17-16-5-4-15(19-20(14)16)18-13-6-9-21-10-7-13/h4-5,8,11-13H,6-7,9-10H2,1-3H3,(H,18,19). The Morgan fingerprint density at radius 2 is 2.05 bits per heavy atom. The van der Waals surface area contributed by atoms with Crippen LogP contribution in [0.25, 0.3) is 11.7 Å². The van der Waals surface area contributed by atoms with Gasteiger partial charge in [0, 0.05) is 19.3 Å². The van der Waals surface area contributed by atoms with Gasteiger partial charge in [-0.15, -0.1) is 5.10 Å². The van der Waals surface area contributed by atoms with Crippen molar-refractivity contribution in [1.82, 2.24) is 14.6 Å². The summed E-state index contributed by atoms with van der Waals surface area (Å²) in [4.78, 5) is 4.42. The zero-order chi connectivity index (χ0) is 15.6. The monoisotopic (exact) mass is 316 g/mol. The fraction of sp³-hybridized carbons (Fsp3) is 0.500. The summed E-state index contributed by atoms with van der Waals surface area (Å²) in [6.45, 7) is 8.61. The van der Waals surface area contributed by atoms with Crippen LogP contribution in [0.4, 0.5) is 5.82 Å². The molecule has 6 heteroatoms. The number of nitrogens with one attached hydrogen (secondary N) is 1. The molecule has 1 N–H and O–H groups in total. The second kappa shape index (κ2) is 6.22. The lowest BCUT2D eigenvalue weighted by Gasteiger charge is -2.23. The van der Waals surface area contributed by atoms with Gasteiger partial charge in [-0.25, -0.2) is 9.50 Å². The number of fused-ring (bicyclic) bond motifs is 1. The Labute approximate surface area is 132 Å². The van der Waals surface area contributed by atoms with E-state index in [4.69, 9.17) is 9.84 Å². The molecule has 0 unspecified atom stereocenters. The molecule has 22 heavy (non-hydrogen) atoms. The van der Waals surface area contributed by atoms with Crippen molar-refractivity contribution in [2.75, 3.05) is 18.5 Å². The Balaban J connectivity index is 1.83. The largest absolute Gasteiger partial charge is 0.381 e. The maximum Gasteiger partial charge on any atom is 0.154 e. The molecule has 0 atom stereocenters. The summed E-state index contributed by atoms with van der Waals surface area (Å²) in [5.41, 5.74) is 4.23. The summed E-state index contributed by atoms with van der Waals surface area (Å²) >= 11 is 0. The van der Waals surface area contributed by atoms with Gasteiger partial charge in [0.05, 0.1) is 20.0 Å². The highest BCUT2D eigenvalue weighted by molar-refractivity contribution is 6.81. The van der Waals surface area contributed by atoms with Crippen molar-refractivity contribution < 1.29 is 4.74 Å². The average Bonchev–Trinajstić information content (AvgIpc) is 2.88. The van der Waals surface area contributed by atoms with E-state index in [0.717, 1.165) is 43.2 Å². The molecule has 0 bridgehead atoms. The summed E-state index contributed by atoms with van der Waals surface area (Å²) < 4.78 is 7.31. The molecular weight excluding hydrogens is 292 g/mol. The molecule has 1 saturated heterocycles. The number of hydrogen-bond acceptors (Lipinski definition) is 4. The Kier molecular flexibility index (Phi) is 4.31. The first-order valence-corrected chi connectivity index (χ1v) is 11.5. The van der Waals surface area contributed by atoms with Crippen LogP contribution in [-0.2, 0) is 4.74 Å². The van der Waals surface area contributed by atoms with E-state index in [0.29, 0.717) is 6.04 Å². The molecule has 118 valence electrons. The van der Waals surface area contributed by atoms with E-state index < -0.39 is 8.07 Å². The molecule has 5 nitrogen and oxygen atoms in total. The number of imidazole rings is 1. The third kappa shape index (κ3) is 3.75. The van der Waals surface area contributed by atoms with Gasteiger partial charge in [0.1, 0.15) is 5.82 Å². The van der Waals surface area contributed by atoms with Gasteiger partial charge in [-0.2, -0.15) is 0 Å². The minimum Gasteiger partial charge on any atom is -0.381 e. The quantitative estimate of drug-likeness (QED) is 0.880. The topological polar surface area (TPSA) is 51.5 Å². The molecule has 1 aliphatic heterocycles. The molecule has 3 heterocycles. The van der Waals surface area contributed by atoms with E-state index >= 15 is 0 Å². The van der Waals surface area contributed by atoms with Crippen LogP contribution < -0.4 is 5.32 Å². The Hall–Kier alpha value is -1.66. The summed E-state index contributed by atoms with van der Waals surface area (Å²) in [5.74, 6) is 0.903. The number of hydrogen-bond donors (Lipinski definition) is 1. The smallest absolute Gasteiger partial charge is 0.154 e. The van der Waals surface area contributed by atoms with Crippen molar-refractivity contribution in [2.24, 2.45) is 0 Å². The van der Waals surface area contributed by atoms with Crippen LogP contribution in [0.5, 0.6) is 0 Å². The van der Waals surface area contributed by atoms with E-state index in [9.17, 15) is 0 Å². The van der Waals surface area contributed by atoms with Gasteiger partial charge < -0.3 is 10.1 Å². The summed E-state index contributed by atoms with van der Waals surface area (Å²) in [6.07, 6.45) is 6.10. The average molecular weight is 316 g/mol. The van der Waals surface area contributed by atoms with Gasteiger partial charge in [-0.1, -0.05) is 25.3 Å². The van der Waals surface area contributed by atoms with Crippen molar-refractivity contribution in [1.29, 1.82) is 0 Å². The predicted molar refractivity (Wildman–Crippen MR) is 92.8 cm³/mol. The molecule has 0 amide bonds. The van der Waals surface area contributed by atoms with Crippen LogP contribution in [0.15, 0.2) is 24.0 Å². The molecule has 2 aromatic heterocycles. The molecule has 0 saturated carbocycles. The third-order valence-electron chi connectivity index (χ3n) is 3.72. The Morgan fingerprint density at radius 3 is 2.77 bits per heavy atom. The molecular formula is C16H24N4OSi. The van der Waals surface area contributed by atoms with Crippen LogP contribution in [0.3, 0.4) is 0 Å². The van der Waals surface area contributed by atoms with Crippen molar-refractivity contribution in [2.45, 2.75) is 38.5 Å². The van der Waals surface area contributed by atoms with Crippen molar-refractivity contribution in [3.8, 4) is 0 Å². The zero-order valence-electron chi connectivity index (χ0n) is 13.5. The van der Waals surface area contributed by atoms with Crippen molar-refractivity contribution in [3.63, 3.8) is 0 Å². The lowest BCUT2D eigenvalue weighted by atomic mass is 10.1. The molecule has 0 radical (unpaired) electrons. The first-order chi connectivity index (χ1) is 10.5. The van der Waals surface area contributed by atoms with Crippen LogP contribution in [0.2, 0.25) is 19.6 Å². The third-order valence-corrected chi connectivity index (χ3v) is 4.88. The SMILES string of the molecule is C[Si](C)(C)C=Cc1cnc2ccc(NC3CCOCC3)nn12. The molecule has 2 aromatic rings. The number of anilines is 1. The van der Waals surface area contributed by atoms with Gasteiger partial charge in [-0.05, 0) is 31.1 Å². The zero-order valence-corrected chi connectivity index (χ0v) is 14.5. The predicted octanol–water partition coefficient (Wildman–Crippen LogP) is 3.21. The first kappa shape index (κ1) is 15.2. The van der Waals surface area contributed by atoms with E-state index in [2.05, 4.69) is 41.7 Å². The number of ether oxygens (including phenoxy) is 1. The lowest BCUT2D eigenvalue weighted by Crippen LogP contribution is -2.28. The summed E-state index contributed by atoms with van der Waals surface area (Å²) in [5, 5.41) is 8.20. The molecule has 0 aliphatic carbocycles. The van der Waals surface area contributed by atoms with E-state index in [1.165, 1.54) is 0 Å². The van der Waals surface area contributed by atoms with E-state index in [1.807, 2.05) is 22.8 Å². The number of nitrogens with zero attached hydrogens (tertiary/aromatic N) is 3. The van der Waals surface area contributed by atoms with Gasteiger partial charge >= 0.3 is 0 Å². The van der Waals surface area contributed by atoms with E-state index in [1.54, 1.807) is 0 Å². The summed E-state index contributed by atoms with van der Waals surface area (Å²) in [7, 11) is -1.23. The fourth-order valence-corrected chi connectivity index (χ4v) is 3.14. The van der Waals surface area contributed by atoms with Crippen molar-refractivity contribution >= 4 is 25.6 Å². The number of rotatable bonds is 4. The Morgan fingerprint density at radius 1 is 1.27 bits per heavy atom. The first-order valence-electron chi connectivity index (χ1n) is 7.90. The van der Waals surface area contributed by atoms with Gasteiger partial charge in [0.25, 0.3) is 0 Å². The second-order valence-corrected chi connectivity index (χ2v) is 12.0. The maximum absolute atomic E-state index is 5.40. The van der Waals surface area contributed by atoms with Crippen LogP contribution in [0.1, 0.15) is 18.5 Å². The minimum absolute atomic E-state index is 0.447. The minimum atomic E-state index is -1.23.